The van der Waals surface area contributed by atoms with Crippen molar-refractivity contribution in [2.45, 2.75) is 57.4 Å². The number of rotatable bonds is 2. The molecule has 1 saturated heterocycles. The van der Waals surface area contributed by atoms with Crippen LogP contribution in [0.5, 0.6) is 0 Å². The largest absolute Gasteiger partial charge is 0.286 e. The van der Waals surface area contributed by atoms with Gasteiger partial charge in [-0.15, -0.1) is 0 Å². The van der Waals surface area contributed by atoms with Crippen molar-refractivity contribution in [3.63, 3.8) is 0 Å². The minimum atomic E-state index is -0.0822. The van der Waals surface area contributed by atoms with Crippen molar-refractivity contribution in [2.24, 2.45) is 5.92 Å². The van der Waals surface area contributed by atoms with Gasteiger partial charge in [0.15, 0.2) is 0 Å². The minimum Gasteiger partial charge on any atom is -0.286 e. The predicted octanol–water partition coefficient (Wildman–Crippen LogP) is 2.94. The Hall–Kier alpha value is -0.550. The molecular formula is C13H22N2. The van der Waals surface area contributed by atoms with Crippen LogP contribution in [0.2, 0.25) is 0 Å². The van der Waals surface area contributed by atoms with Gasteiger partial charge in [0.1, 0.15) is 5.54 Å². The zero-order chi connectivity index (χ0) is 10.7. The zero-order valence-corrected chi connectivity index (χ0v) is 9.84. The van der Waals surface area contributed by atoms with Crippen molar-refractivity contribution < 1.29 is 0 Å². The van der Waals surface area contributed by atoms with E-state index in [1.165, 1.54) is 32.1 Å². The Morgan fingerprint density at radius 2 is 2.07 bits per heavy atom. The van der Waals surface area contributed by atoms with Crippen molar-refractivity contribution in [2.75, 3.05) is 13.1 Å². The van der Waals surface area contributed by atoms with Gasteiger partial charge in [-0.25, -0.2) is 0 Å². The molecule has 2 aliphatic rings. The van der Waals surface area contributed by atoms with Gasteiger partial charge in [-0.3, -0.25) is 4.90 Å². The van der Waals surface area contributed by atoms with Crippen LogP contribution in [0.15, 0.2) is 0 Å². The fourth-order valence-electron chi connectivity index (χ4n) is 3.25. The zero-order valence-electron chi connectivity index (χ0n) is 9.84. The van der Waals surface area contributed by atoms with Crippen molar-refractivity contribution >= 4 is 0 Å². The first kappa shape index (κ1) is 11.0. The third kappa shape index (κ3) is 2.03. The second kappa shape index (κ2) is 4.53. The molecule has 2 nitrogen and oxygen atoms in total. The standard InChI is InChI=1S/C13H22N2/c1-2-12-6-7-13(10-12,11-14)15-8-4-3-5-9-15/h12H,2-10H2,1H3. The summed E-state index contributed by atoms with van der Waals surface area (Å²) >= 11 is 0. The Balaban J connectivity index is 2.05. The van der Waals surface area contributed by atoms with E-state index in [2.05, 4.69) is 17.9 Å². The average molecular weight is 206 g/mol. The Morgan fingerprint density at radius 1 is 1.33 bits per heavy atom. The van der Waals surface area contributed by atoms with Gasteiger partial charge in [0, 0.05) is 0 Å². The maximum absolute atomic E-state index is 9.49. The molecule has 84 valence electrons. The van der Waals surface area contributed by atoms with Crippen molar-refractivity contribution in [1.82, 2.24) is 4.90 Å². The van der Waals surface area contributed by atoms with Gasteiger partial charge in [-0.2, -0.15) is 5.26 Å². The van der Waals surface area contributed by atoms with Crippen molar-refractivity contribution in [3.8, 4) is 6.07 Å². The topological polar surface area (TPSA) is 27.0 Å². The summed E-state index contributed by atoms with van der Waals surface area (Å²) in [5.41, 5.74) is -0.0822. The summed E-state index contributed by atoms with van der Waals surface area (Å²) in [4.78, 5) is 2.48. The number of likely N-dealkylation sites (tertiary alicyclic amines) is 1. The van der Waals surface area contributed by atoms with Crippen LogP contribution < -0.4 is 0 Å². The second-order valence-corrected chi connectivity index (χ2v) is 5.21. The summed E-state index contributed by atoms with van der Waals surface area (Å²) in [6.45, 7) is 4.57. The highest BCUT2D eigenvalue weighted by atomic mass is 15.2. The van der Waals surface area contributed by atoms with E-state index >= 15 is 0 Å². The van der Waals surface area contributed by atoms with Gasteiger partial charge in [-0.1, -0.05) is 19.8 Å². The fourth-order valence-corrected chi connectivity index (χ4v) is 3.25. The first-order valence-electron chi connectivity index (χ1n) is 6.47. The molecule has 0 radical (unpaired) electrons. The first-order valence-corrected chi connectivity index (χ1v) is 6.47. The SMILES string of the molecule is CCC1CCC(C#N)(N2CCCCC2)C1. The molecule has 2 atom stereocenters. The molecule has 0 aromatic heterocycles. The summed E-state index contributed by atoms with van der Waals surface area (Å²) < 4.78 is 0. The van der Waals surface area contributed by atoms with Gasteiger partial charge in [-0.05, 0) is 51.1 Å². The first-order chi connectivity index (χ1) is 7.30. The van der Waals surface area contributed by atoms with E-state index in [-0.39, 0.29) is 5.54 Å². The molecule has 0 amide bonds. The smallest absolute Gasteiger partial charge is 0.109 e. The summed E-state index contributed by atoms with van der Waals surface area (Å²) in [7, 11) is 0. The van der Waals surface area contributed by atoms with Crippen LogP contribution in [0.1, 0.15) is 51.9 Å². The third-order valence-electron chi connectivity index (χ3n) is 4.34. The maximum atomic E-state index is 9.49. The summed E-state index contributed by atoms with van der Waals surface area (Å²) in [5.74, 6) is 0.798. The summed E-state index contributed by atoms with van der Waals surface area (Å²) in [6.07, 6.45) is 8.69. The lowest BCUT2D eigenvalue weighted by Gasteiger charge is -2.38. The summed E-state index contributed by atoms with van der Waals surface area (Å²) in [5, 5.41) is 9.49. The van der Waals surface area contributed by atoms with Gasteiger partial charge >= 0.3 is 0 Å². The van der Waals surface area contributed by atoms with E-state index in [1.54, 1.807) is 0 Å². The molecule has 0 N–H and O–H groups in total. The molecule has 0 bridgehead atoms. The molecule has 2 fully saturated rings. The van der Waals surface area contributed by atoms with Crippen LogP contribution in [-0.4, -0.2) is 23.5 Å². The molecule has 0 aromatic carbocycles. The molecule has 0 aromatic rings. The highest BCUT2D eigenvalue weighted by Gasteiger charge is 2.43. The van der Waals surface area contributed by atoms with E-state index < -0.39 is 0 Å². The number of nitrogens with zero attached hydrogens (tertiary/aromatic N) is 2. The van der Waals surface area contributed by atoms with E-state index in [4.69, 9.17) is 0 Å². The van der Waals surface area contributed by atoms with Gasteiger partial charge in [0.2, 0.25) is 0 Å². The lowest BCUT2D eigenvalue weighted by atomic mass is 9.92. The van der Waals surface area contributed by atoms with Crippen LogP contribution in [0.3, 0.4) is 0 Å². The minimum absolute atomic E-state index is 0.0822. The number of nitriles is 1. The monoisotopic (exact) mass is 206 g/mol. The van der Waals surface area contributed by atoms with Crippen LogP contribution in [-0.2, 0) is 0 Å². The predicted molar refractivity (Wildman–Crippen MR) is 61.4 cm³/mol. The number of hydrogen-bond donors (Lipinski definition) is 0. The van der Waals surface area contributed by atoms with E-state index in [1.807, 2.05) is 0 Å². The molecule has 1 aliphatic heterocycles. The Labute approximate surface area is 93.3 Å². The molecule has 0 spiro atoms. The Kier molecular flexibility index (Phi) is 3.31. The third-order valence-corrected chi connectivity index (χ3v) is 4.34. The van der Waals surface area contributed by atoms with Crippen LogP contribution >= 0.6 is 0 Å². The lowest BCUT2D eigenvalue weighted by Crippen LogP contribution is -2.48. The molecule has 15 heavy (non-hydrogen) atoms. The fraction of sp³-hybridized carbons (Fsp3) is 0.923. The molecule has 2 rings (SSSR count). The number of hydrogen-bond acceptors (Lipinski definition) is 2. The lowest BCUT2D eigenvalue weighted by molar-refractivity contribution is 0.111. The van der Waals surface area contributed by atoms with Gasteiger partial charge in [0.05, 0.1) is 6.07 Å². The quantitative estimate of drug-likeness (QED) is 0.694. The van der Waals surface area contributed by atoms with Crippen molar-refractivity contribution in [1.29, 1.82) is 5.26 Å². The van der Waals surface area contributed by atoms with E-state index in [0.717, 1.165) is 31.8 Å². The number of piperidine rings is 1. The second-order valence-electron chi connectivity index (χ2n) is 5.21. The highest BCUT2D eigenvalue weighted by molar-refractivity contribution is 5.13. The van der Waals surface area contributed by atoms with E-state index in [0.29, 0.717) is 0 Å². The highest BCUT2D eigenvalue weighted by Crippen LogP contribution is 2.41. The summed E-state index contributed by atoms with van der Waals surface area (Å²) in [6, 6.07) is 2.64. The normalized spacial score (nSPS) is 37.7. The van der Waals surface area contributed by atoms with Gasteiger partial charge < -0.3 is 0 Å². The van der Waals surface area contributed by atoms with Crippen LogP contribution in [0, 0.1) is 17.2 Å². The molecule has 1 saturated carbocycles. The molecule has 1 heterocycles. The Morgan fingerprint density at radius 3 is 2.60 bits per heavy atom. The average Bonchev–Trinajstić information content (AvgIpc) is 2.75. The molecule has 2 unspecified atom stereocenters. The molecule has 2 heteroatoms. The van der Waals surface area contributed by atoms with Crippen LogP contribution in [0.4, 0.5) is 0 Å². The van der Waals surface area contributed by atoms with Gasteiger partial charge in [0.25, 0.3) is 0 Å². The Bertz CT molecular complexity index is 250. The molecule has 1 aliphatic carbocycles. The maximum Gasteiger partial charge on any atom is 0.109 e. The molecular weight excluding hydrogens is 184 g/mol. The van der Waals surface area contributed by atoms with Crippen LogP contribution in [0.25, 0.3) is 0 Å². The van der Waals surface area contributed by atoms with Crippen molar-refractivity contribution in [3.05, 3.63) is 0 Å². The van der Waals surface area contributed by atoms with E-state index in [9.17, 15) is 5.26 Å².